The number of hydrogen-bond donors (Lipinski definition) is 1. The van der Waals surface area contributed by atoms with E-state index in [1.807, 2.05) is 0 Å². The van der Waals surface area contributed by atoms with Crippen LogP contribution in [-0.4, -0.2) is 30.1 Å². The lowest BCUT2D eigenvalue weighted by atomic mass is 9.70. The van der Waals surface area contributed by atoms with Crippen molar-refractivity contribution in [3.05, 3.63) is 0 Å². The molecule has 2 N–H and O–H groups in total. The number of nitrogens with zero attached hydrogens (tertiary/aromatic N) is 1. The first-order chi connectivity index (χ1) is 9.96. The van der Waals surface area contributed by atoms with Crippen molar-refractivity contribution in [1.29, 1.82) is 0 Å². The molecule has 0 radical (unpaired) electrons. The summed E-state index contributed by atoms with van der Waals surface area (Å²) in [4.78, 5) is 2.81. The van der Waals surface area contributed by atoms with E-state index in [-0.39, 0.29) is 5.54 Å². The highest BCUT2D eigenvalue weighted by Gasteiger charge is 2.42. The maximum atomic E-state index is 6.38. The van der Waals surface area contributed by atoms with Crippen LogP contribution in [0.4, 0.5) is 0 Å². The van der Waals surface area contributed by atoms with Crippen molar-refractivity contribution in [3.8, 4) is 0 Å². The first kappa shape index (κ1) is 19.0. The molecule has 2 nitrogen and oxygen atoms in total. The minimum Gasteiger partial charge on any atom is -0.329 e. The van der Waals surface area contributed by atoms with Gasteiger partial charge in [-0.05, 0) is 56.5 Å². The minimum atomic E-state index is 0.288. The largest absolute Gasteiger partial charge is 0.329 e. The van der Waals surface area contributed by atoms with Crippen molar-refractivity contribution >= 4 is 0 Å². The quantitative estimate of drug-likeness (QED) is 0.669. The normalized spacial score (nSPS) is 27.0. The van der Waals surface area contributed by atoms with Gasteiger partial charge in [0.2, 0.25) is 0 Å². The van der Waals surface area contributed by atoms with Gasteiger partial charge in [-0.2, -0.15) is 0 Å². The molecule has 2 unspecified atom stereocenters. The lowest BCUT2D eigenvalue weighted by molar-refractivity contribution is -0.00174. The Morgan fingerprint density at radius 2 is 1.62 bits per heavy atom. The van der Waals surface area contributed by atoms with Gasteiger partial charge in [-0.25, -0.2) is 0 Å². The molecule has 0 aromatic rings. The van der Waals surface area contributed by atoms with Crippen molar-refractivity contribution in [1.82, 2.24) is 4.90 Å². The van der Waals surface area contributed by atoms with Gasteiger partial charge in [-0.1, -0.05) is 53.9 Å². The smallest absolute Gasteiger partial charge is 0.0359 e. The molecule has 2 atom stereocenters. The van der Waals surface area contributed by atoms with Crippen LogP contribution in [-0.2, 0) is 0 Å². The van der Waals surface area contributed by atoms with Gasteiger partial charge >= 0.3 is 0 Å². The predicted molar refractivity (Wildman–Crippen MR) is 94.5 cm³/mol. The standard InChI is InChI=1S/C19H40N2/c1-6-18-9-7-8-12-19(18,15-20)21(13-10-16(2)3)14-11-17(4)5/h16-18H,6-15,20H2,1-5H3. The second-order valence-electron chi connectivity index (χ2n) is 8.01. The van der Waals surface area contributed by atoms with E-state index in [0.29, 0.717) is 0 Å². The average molecular weight is 297 g/mol. The maximum absolute atomic E-state index is 6.38. The molecular weight excluding hydrogens is 256 g/mol. The average Bonchev–Trinajstić information content (AvgIpc) is 2.46. The van der Waals surface area contributed by atoms with E-state index in [1.54, 1.807) is 0 Å². The van der Waals surface area contributed by atoms with Crippen LogP contribution in [0, 0.1) is 17.8 Å². The fourth-order valence-electron chi connectivity index (χ4n) is 4.08. The first-order valence-corrected chi connectivity index (χ1v) is 9.41. The SMILES string of the molecule is CCC1CCCCC1(CN)N(CCC(C)C)CCC(C)C. The van der Waals surface area contributed by atoms with Crippen LogP contribution in [0.3, 0.4) is 0 Å². The molecule has 0 heterocycles. The molecule has 0 amide bonds. The summed E-state index contributed by atoms with van der Waals surface area (Å²) in [5.74, 6) is 2.37. The Labute approximate surface area is 133 Å². The highest BCUT2D eigenvalue weighted by atomic mass is 15.2. The summed E-state index contributed by atoms with van der Waals surface area (Å²) in [5.41, 5.74) is 6.66. The number of rotatable bonds is 9. The summed E-state index contributed by atoms with van der Waals surface area (Å²) in [6.07, 6.45) is 9.37. The van der Waals surface area contributed by atoms with E-state index in [1.165, 1.54) is 58.0 Å². The summed E-state index contributed by atoms with van der Waals surface area (Å²) < 4.78 is 0. The van der Waals surface area contributed by atoms with Crippen LogP contribution in [0.1, 0.15) is 79.6 Å². The molecule has 1 fully saturated rings. The van der Waals surface area contributed by atoms with Gasteiger partial charge in [0.25, 0.3) is 0 Å². The summed E-state index contributed by atoms with van der Waals surface area (Å²) in [6.45, 7) is 15.0. The van der Waals surface area contributed by atoms with Gasteiger partial charge in [-0.15, -0.1) is 0 Å². The Bertz CT molecular complexity index is 263. The predicted octanol–water partition coefficient (Wildman–Crippen LogP) is 4.68. The highest BCUT2D eigenvalue weighted by Crippen LogP contribution is 2.40. The Morgan fingerprint density at radius 1 is 1.05 bits per heavy atom. The lowest BCUT2D eigenvalue weighted by Gasteiger charge is -2.51. The lowest BCUT2D eigenvalue weighted by Crippen LogP contribution is -2.60. The van der Waals surface area contributed by atoms with Crippen LogP contribution < -0.4 is 5.73 Å². The molecule has 0 aliphatic heterocycles. The summed E-state index contributed by atoms with van der Waals surface area (Å²) in [6, 6.07) is 0. The Kier molecular flexibility index (Phi) is 8.26. The van der Waals surface area contributed by atoms with E-state index >= 15 is 0 Å². The van der Waals surface area contributed by atoms with Gasteiger partial charge in [0, 0.05) is 12.1 Å². The minimum absolute atomic E-state index is 0.288. The van der Waals surface area contributed by atoms with E-state index in [0.717, 1.165) is 24.3 Å². The van der Waals surface area contributed by atoms with Crippen LogP contribution in [0.2, 0.25) is 0 Å². The topological polar surface area (TPSA) is 29.3 Å². The Balaban J connectivity index is 2.87. The highest BCUT2D eigenvalue weighted by molar-refractivity contribution is 4.99. The zero-order chi connectivity index (χ0) is 15.9. The van der Waals surface area contributed by atoms with E-state index in [4.69, 9.17) is 5.73 Å². The zero-order valence-corrected chi connectivity index (χ0v) is 15.3. The van der Waals surface area contributed by atoms with Crippen molar-refractivity contribution < 1.29 is 0 Å². The van der Waals surface area contributed by atoms with Gasteiger partial charge in [0.05, 0.1) is 0 Å². The molecule has 1 aliphatic carbocycles. The molecular formula is C19H40N2. The molecule has 0 spiro atoms. The third-order valence-electron chi connectivity index (χ3n) is 5.60. The maximum Gasteiger partial charge on any atom is 0.0359 e. The molecule has 21 heavy (non-hydrogen) atoms. The molecule has 0 aromatic carbocycles. The van der Waals surface area contributed by atoms with E-state index in [2.05, 4.69) is 39.5 Å². The number of nitrogens with two attached hydrogens (primary N) is 1. The molecule has 1 saturated carbocycles. The Morgan fingerprint density at radius 3 is 2.05 bits per heavy atom. The summed E-state index contributed by atoms with van der Waals surface area (Å²) in [5, 5.41) is 0. The van der Waals surface area contributed by atoms with Crippen LogP contribution >= 0.6 is 0 Å². The fraction of sp³-hybridized carbons (Fsp3) is 1.00. The zero-order valence-electron chi connectivity index (χ0n) is 15.3. The Hall–Kier alpha value is -0.0800. The van der Waals surface area contributed by atoms with Crippen LogP contribution in [0.5, 0.6) is 0 Å². The molecule has 0 saturated heterocycles. The number of hydrogen-bond acceptors (Lipinski definition) is 2. The molecule has 1 aliphatic rings. The van der Waals surface area contributed by atoms with Gasteiger partial charge in [-0.3, -0.25) is 4.90 Å². The van der Waals surface area contributed by atoms with Crippen LogP contribution in [0.15, 0.2) is 0 Å². The third kappa shape index (κ3) is 5.25. The summed E-state index contributed by atoms with van der Waals surface area (Å²) >= 11 is 0. The molecule has 0 bridgehead atoms. The summed E-state index contributed by atoms with van der Waals surface area (Å²) in [7, 11) is 0. The molecule has 126 valence electrons. The molecule has 2 heteroatoms. The van der Waals surface area contributed by atoms with E-state index < -0.39 is 0 Å². The van der Waals surface area contributed by atoms with Gasteiger partial charge < -0.3 is 5.73 Å². The van der Waals surface area contributed by atoms with Crippen molar-refractivity contribution in [2.24, 2.45) is 23.5 Å². The van der Waals surface area contributed by atoms with Crippen molar-refractivity contribution in [3.63, 3.8) is 0 Å². The second kappa shape index (κ2) is 9.15. The van der Waals surface area contributed by atoms with Crippen LogP contribution in [0.25, 0.3) is 0 Å². The van der Waals surface area contributed by atoms with Gasteiger partial charge in [0.15, 0.2) is 0 Å². The molecule has 0 aromatic heterocycles. The first-order valence-electron chi connectivity index (χ1n) is 9.41. The molecule has 1 rings (SSSR count). The second-order valence-corrected chi connectivity index (χ2v) is 8.01. The van der Waals surface area contributed by atoms with Crippen molar-refractivity contribution in [2.45, 2.75) is 85.1 Å². The third-order valence-corrected chi connectivity index (χ3v) is 5.60. The van der Waals surface area contributed by atoms with Gasteiger partial charge in [0.1, 0.15) is 0 Å². The monoisotopic (exact) mass is 296 g/mol. The fourth-order valence-corrected chi connectivity index (χ4v) is 4.08. The van der Waals surface area contributed by atoms with Crippen molar-refractivity contribution in [2.75, 3.05) is 19.6 Å². The van der Waals surface area contributed by atoms with E-state index in [9.17, 15) is 0 Å².